The van der Waals surface area contributed by atoms with Crippen molar-refractivity contribution in [2.24, 2.45) is 0 Å². The Morgan fingerprint density at radius 3 is 2.68 bits per heavy atom. The first-order valence-electron chi connectivity index (χ1n) is 9.57. The van der Waals surface area contributed by atoms with Gasteiger partial charge in [0.2, 0.25) is 0 Å². The molecule has 1 amide bonds. The maximum atomic E-state index is 13.2. The maximum Gasteiger partial charge on any atom is 0.267 e. The number of benzene rings is 2. The molecule has 0 radical (unpaired) electrons. The van der Waals surface area contributed by atoms with Gasteiger partial charge in [0.15, 0.2) is 11.7 Å². The molecule has 0 saturated heterocycles. The van der Waals surface area contributed by atoms with Gasteiger partial charge in [0.25, 0.3) is 5.91 Å². The van der Waals surface area contributed by atoms with Gasteiger partial charge in [0.1, 0.15) is 17.0 Å². The topological polar surface area (TPSA) is 64.5 Å². The van der Waals surface area contributed by atoms with Crippen LogP contribution in [0.1, 0.15) is 11.1 Å². The lowest BCUT2D eigenvalue weighted by atomic mass is 10.2. The summed E-state index contributed by atoms with van der Waals surface area (Å²) in [4.78, 5) is 23.7. The summed E-state index contributed by atoms with van der Waals surface area (Å²) in [6, 6.07) is 14.5. The van der Waals surface area contributed by atoms with Crippen LogP contribution in [0.3, 0.4) is 0 Å². The predicted octanol–water partition coefficient (Wildman–Crippen LogP) is 5.27. The molecule has 0 saturated carbocycles. The van der Waals surface area contributed by atoms with Gasteiger partial charge in [-0.3, -0.25) is 14.7 Å². The van der Waals surface area contributed by atoms with Gasteiger partial charge in [-0.25, -0.2) is 4.98 Å². The van der Waals surface area contributed by atoms with Gasteiger partial charge in [-0.1, -0.05) is 35.1 Å². The Hall–Kier alpha value is -3.16. The third-order valence-corrected chi connectivity index (χ3v) is 6.15. The van der Waals surface area contributed by atoms with Crippen LogP contribution in [0.25, 0.3) is 10.2 Å². The number of hydrogen-bond acceptors (Lipinski definition) is 6. The Bertz CT molecular complexity index is 1200. The van der Waals surface area contributed by atoms with Crippen LogP contribution in [0.4, 0.5) is 5.13 Å². The number of ether oxygens (including phenoxy) is 2. The van der Waals surface area contributed by atoms with Crippen molar-refractivity contribution in [1.29, 1.82) is 0 Å². The van der Waals surface area contributed by atoms with Crippen LogP contribution in [-0.4, -0.2) is 29.6 Å². The second kappa shape index (κ2) is 9.32. The summed E-state index contributed by atoms with van der Waals surface area (Å²) < 4.78 is 12.1. The zero-order valence-electron chi connectivity index (χ0n) is 17.0. The van der Waals surface area contributed by atoms with E-state index in [0.29, 0.717) is 28.2 Å². The van der Waals surface area contributed by atoms with E-state index in [4.69, 9.17) is 26.1 Å². The molecule has 0 aliphatic carbocycles. The molecule has 0 aliphatic rings. The van der Waals surface area contributed by atoms with E-state index in [1.807, 2.05) is 31.2 Å². The van der Waals surface area contributed by atoms with Crippen LogP contribution in [0.5, 0.6) is 11.5 Å². The van der Waals surface area contributed by atoms with Gasteiger partial charge in [-0.2, -0.15) is 0 Å². The summed E-state index contributed by atoms with van der Waals surface area (Å²) in [5.41, 5.74) is 2.71. The van der Waals surface area contributed by atoms with E-state index in [1.165, 1.54) is 11.3 Å². The number of nitrogens with zero attached hydrogens (tertiary/aromatic N) is 3. The largest absolute Gasteiger partial charge is 0.494 e. The molecule has 4 rings (SSSR count). The third-order valence-electron chi connectivity index (χ3n) is 4.68. The zero-order valence-corrected chi connectivity index (χ0v) is 18.6. The number of pyridine rings is 1. The van der Waals surface area contributed by atoms with E-state index >= 15 is 0 Å². The van der Waals surface area contributed by atoms with Crippen molar-refractivity contribution in [2.45, 2.75) is 13.5 Å². The van der Waals surface area contributed by atoms with Crippen molar-refractivity contribution in [3.63, 3.8) is 0 Å². The first-order chi connectivity index (χ1) is 15.0. The van der Waals surface area contributed by atoms with Crippen molar-refractivity contribution >= 4 is 44.2 Å². The zero-order chi connectivity index (χ0) is 21.8. The molecule has 0 unspecified atom stereocenters. The smallest absolute Gasteiger partial charge is 0.267 e. The monoisotopic (exact) mass is 453 g/mol. The van der Waals surface area contributed by atoms with Crippen molar-refractivity contribution in [3.05, 3.63) is 77.1 Å². The average molecular weight is 454 g/mol. The SMILES string of the molecule is COc1ccc(C)c2sc(N(Cc3cccnc3)C(=O)COc3ccc(Cl)cc3)nc12. The number of halogens is 1. The second-order valence-corrected chi connectivity index (χ2v) is 8.26. The summed E-state index contributed by atoms with van der Waals surface area (Å²) in [5, 5.41) is 1.19. The van der Waals surface area contributed by atoms with E-state index in [0.717, 1.165) is 21.3 Å². The molecule has 2 aromatic carbocycles. The Labute approximate surface area is 189 Å². The van der Waals surface area contributed by atoms with E-state index in [1.54, 1.807) is 48.7 Å². The fourth-order valence-electron chi connectivity index (χ4n) is 3.07. The molecule has 31 heavy (non-hydrogen) atoms. The lowest BCUT2D eigenvalue weighted by Gasteiger charge is -2.20. The number of hydrogen-bond donors (Lipinski definition) is 0. The number of methoxy groups -OCH3 is 1. The quantitative estimate of drug-likeness (QED) is 0.381. The molecule has 0 N–H and O–H groups in total. The third kappa shape index (κ3) is 4.78. The molecule has 0 atom stereocenters. The second-order valence-electron chi connectivity index (χ2n) is 6.84. The summed E-state index contributed by atoms with van der Waals surface area (Å²) in [6.07, 6.45) is 3.44. The minimum atomic E-state index is -0.213. The molecule has 8 heteroatoms. The normalized spacial score (nSPS) is 10.8. The van der Waals surface area contributed by atoms with Crippen molar-refractivity contribution < 1.29 is 14.3 Å². The number of thiazole rings is 1. The van der Waals surface area contributed by atoms with Gasteiger partial charge in [-0.05, 0) is 54.4 Å². The molecule has 0 aliphatic heterocycles. The number of rotatable bonds is 7. The Morgan fingerprint density at radius 1 is 1.16 bits per heavy atom. The maximum absolute atomic E-state index is 13.2. The molecule has 0 bridgehead atoms. The molecule has 2 aromatic heterocycles. The number of aromatic nitrogens is 2. The highest BCUT2D eigenvalue weighted by Crippen LogP contribution is 2.37. The molecule has 4 aromatic rings. The summed E-state index contributed by atoms with van der Waals surface area (Å²) in [5.74, 6) is 1.03. The molecular weight excluding hydrogens is 434 g/mol. The van der Waals surface area contributed by atoms with E-state index in [9.17, 15) is 4.79 Å². The first-order valence-corrected chi connectivity index (χ1v) is 10.8. The van der Waals surface area contributed by atoms with Crippen molar-refractivity contribution in [3.8, 4) is 11.5 Å². The lowest BCUT2D eigenvalue weighted by molar-refractivity contribution is -0.120. The van der Waals surface area contributed by atoms with E-state index in [2.05, 4.69) is 4.98 Å². The van der Waals surface area contributed by atoms with Gasteiger partial charge in [0.05, 0.1) is 18.4 Å². The molecule has 158 valence electrons. The average Bonchev–Trinajstić information content (AvgIpc) is 3.24. The van der Waals surface area contributed by atoms with E-state index in [-0.39, 0.29) is 12.5 Å². The molecule has 2 heterocycles. The van der Waals surface area contributed by atoms with Crippen LogP contribution < -0.4 is 14.4 Å². The highest BCUT2D eigenvalue weighted by atomic mass is 35.5. The van der Waals surface area contributed by atoms with Crippen LogP contribution in [-0.2, 0) is 11.3 Å². The van der Waals surface area contributed by atoms with Crippen molar-refractivity contribution in [2.75, 3.05) is 18.6 Å². The summed E-state index contributed by atoms with van der Waals surface area (Å²) in [6.45, 7) is 2.21. The lowest BCUT2D eigenvalue weighted by Crippen LogP contribution is -2.34. The molecule has 0 spiro atoms. The standard InChI is InChI=1S/C23H20ClN3O3S/c1-15-5-10-19(29-2)21-22(15)31-23(26-21)27(13-16-4-3-11-25-12-16)20(28)14-30-18-8-6-17(24)7-9-18/h3-12H,13-14H2,1-2H3. The van der Waals surface area contributed by atoms with Gasteiger partial charge in [-0.15, -0.1) is 0 Å². The van der Waals surface area contributed by atoms with Crippen LogP contribution in [0.2, 0.25) is 5.02 Å². The number of amides is 1. The Kier molecular flexibility index (Phi) is 6.34. The minimum absolute atomic E-state index is 0.131. The van der Waals surface area contributed by atoms with Gasteiger partial charge < -0.3 is 9.47 Å². The highest BCUT2D eigenvalue weighted by Gasteiger charge is 2.22. The van der Waals surface area contributed by atoms with Crippen LogP contribution in [0.15, 0.2) is 60.9 Å². The molecule has 6 nitrogen and oxygen atoms in total. The number of aryl methyl sites for hydroxylation is 1. The summed E-state index contributed by atoms with van der Waals surface area (Å²) in [7, 11) is 1.61. The summed E-state index contributed by atoms with van der Waals surface area (Å²) >= 11 is 7.37. The van der Waals surface area contributed by atoms with Gasteiger partial charge in [0, 0.05) is 17.4 Å². The number of fused-ring (bicyclic) bond motifs is 1. The van der Waals surface area contributed by atoms with Crippen LogP contribution >= 0.6 is 22.9 Å². The number of carbonyl (C=O) groups excluding carboxylic acids is 1. The fourth-order valence-corrected chi connectivity index (χ4v) is 4.26. The number of anilines is 1. The Morgan fingerprint density at radius 2 is 1.97 bits per heavy atom. The first kappa shape index (κ1) is 21.1. The molecule has 0 fully saturated rings. The highest BCUT2D eigenvalue weighted by molar-refractivity contribution is 7.22. The Balaban J connectivity index is 1.65. The molecular formula is C23H20ClN3O3S. The van der Waals surface area contributed by atoms with E-state index < -0.39 is 0 Å². The minimum Gasteiger partial charge on any atom is -0.494 e. The number of carbonyl (C=O) groups is 1. The van der Waals surface area contributed by atoms with Crippen molar-refractivity contribution in [1.82, 2.24) is 9.97 Å². The van der Waals surface area contributed by atoms with Crippen LogP contribution in [0, 0.1) is 6.92 Å². The predicted molar refractivity (Wildman–Crippen MR) is 123 cm³/mol. The van der Waals surface area contributed by atoms with Gasteiger partial charge >= 0.3 is 0 Å². The fraction of sp³-hybridized carbons (Fsp3) is 0.174.